The van der Waals surface area contributed by atoms with Crippen molar-refractivity contribution in [3.63, 3.8) is 0 Å². The van der Waals surface area contributed by atoms with Crippen molar-refractivity contribution in [3.05, 3.63) is 40.9 Å². The quantitative estimate of drug-likeness (QED) is 0.645. The summed E-state index contributed by atoms with van der Waals surface area (Å²) in [5, 5.41) is 7.95. The predicted octanol–water partition coefficient (Wildman–Crippen LogP) is 2.19. The standard InChI is InChI=1S/C10H9BrN4/c11-8-3-1-2-7(6-8)9-4-5-10(13-12)15-14-9/h1-6H,12H2,(H,13,15). The number of nitrogen functional groups attached to an aromatic ring is 1. The molecule has 1 aromatic heterocycles. The molecule has 76 valence electrons. The van der Waals surface area contributed by atoms with Crippen LogP contribution in [0, 0.1) is 0 Å². The van der Waals surface area contributed by atoms with Crippen molar-refractivity contribution in [2.24, 2.45) is 5.84 Å². The summed E-state index contributed by atoms with van der Waals surface area (Å²) in [6, 6.07) is 11.5. The number of halogens is 1. The van der Waals surface area contributed by atoms with Gasteiger partial charge in [0.25, 0.3) is 0 Å². The molecule has 0 bridgehead atoms. The highest BCUT2D eigenvalue weighted by atomic mass is 79.9. The van der Waals surface area contributed by atoms with Crippen LogP contribution in [0.3, 0.4) is 0 Å². The smallest absolute Gasteiger partial charge is 0.162 e. The van der Waals surface area contributed by atoms with Crippen LogP contribution in [0.4, 0.5) is 5.82 Å². The van der Waals surface area contributed by atoms with E-state index in [0.29, 0.717) is 5.82 Å². The van der Waals surface area contributed by atoms with E-state index in [9.17, 15) is 0 Å². The first-order chi connectivity index (χ1) is 7.29. The minimum absolute atomic E-state index is 0.550. The topological polar surface area (TPSA) is 63.8 Å². The van der Waals surface area contributed by atoms with Crippen molar-refractivity contribution in [2.75, 3.05) is 5.43 Å². The van der Waals surface area contributed by atoms with Gasteiger partial charge in [-0.25, -0.2) is 5.84 Å². The van der Waals surface area contributed by atoms with Gasteiger partial charge in [0.05, 0.1) is 5.69 Å². The molecule has 0 aliphatic rings. The number of aromatic nitrogens is 2. The monoisotopic (exact) mass is 264 g/mol. The van der Waals surface area contributed by atoms with Crippen molar-refractivity contribution >= 4 is 21.7 Å². The van der Waals surface area contributed by atoms with Crippen molar-refractivity contribution in [1.29, 1.82) is 0 Å². The van der Waals surface area contributed by atoms with Gasteiger partial charge in [-0.3, -0.25) is 0 Å². The Bertz CT molecular complexity index is 455. The third-order valence-corrected chi connectivity index (χ3v) is 2.43. The Balaban J connectivity index is 2.37. The van der Waals surface area contributed by atoms with E-state index in [1.54, 1.807) is 6.07 Å². The van der Waals surface area contributed by atoms with Gasteiger partial charge < -0.3 is 5.43 Å². The van der Waals surface area contributed by atoms with Crippen LogP contribution in [0.5, 0.6) is 0 Å². The fourth-order valence-electron chi connectivity index (χ4n) is 1.21. The molecule has 3 N–H and O–H groups in total. The Labute approximate surface area is 95.6 Å². The van der Waals surface area contributed by atoms with Gasteiger partial charge in [-0.15, -0.1) is 10.2 Å². The second-order valence-electron chi connectivity index (χ2n) is 2.96. The highest BCUT2D eigenvalue weighted by molar-refractivity contribution is 9.10. The van der Waals surface area contributed by atoms with Crippen LogP contribution in [-0.2, 0) is 0 Å². The lowest BCUT2D eigenvalue weighted by Gasteiger charge is -2.01. The maximum atomic E-state index is 5.20. The minimum Gasteiger partial charge on any atom is -0.307 e. The molecular formula is C10H9BrN4. The fraction of sp³-hybridized carbons (Fsp3) is 0. The molecule has 1 aromatic carbocycles. The molecule has 0 saturated heterocycles. The Morgan fingerprint density at radius 3 is 2.60 bits per heavy atom. The van der Waals surface area contributed by atoms with E-state index in [1.165, 1.54) is 0 Å². The van der Waals surface area contributed by atoms with Crippen LogP contribution in [0.1, 0.15) is 0 Å². The van der Waals surface area contributed by atoms with Crippen LogP contribution in [0.15, 0.2) is 40.9 Å². The van der Waals surface area contributed by atoms with Crippen LogP contribution in [0.2, 0.25) is 0 Å². The number of hydrogen-bond donors (Lipinski definition) is 2. The molecule has 1 heterocycles. The summed E-state index contributed by atoms with van der Waals surface area (Å²) in [7, 11) is 0. The lowest BCUT2D eigenvalue weighted by atomic mass is 10.1. The van der Waals surface area contributed by atoms with E-state index < -0.39 is 0 Å². The second kappa shape index (κ2) is 4.37. The maximum absolute atomic E-state index is 5.20. The number of hydrogen-bond acceptors (Lipinski definition) is 4. The van der Waals surface area contributed by atoms with E-state index in [2.05, 4.69) is 31.6 Å². The van der Waals surface area contributed by atoms with Crippen molar-refractivity contribution in [2.45, 2.75) is 0 Å². The zero-order valence-electron chi connectivity index (χ0n) is 7.81. The van der Waals surface area contributed by atoms with Gasteiger partial charge in [0.1, 0.15) is 0 Å². The largest absolute Gasteiger partial charge is 0.307 e. The highest BCUT2D eigenvalue weighted by Gasteiger charge is 2.00. The summed E-state index contributed by atoms with van der Waals surface area (Å²) in [6.45, 7) is 0. The predicted molar refractivity (Wildman–Crippen MR) is 63.0 cm³/mol. The Hall–Kier alpha value is -1.46. The molecule has 4 nitrogen and oxygen atoms in total. The lowest BCUT2D eigenvalue weighted by molar-refractivity contribution is 1.03. The van der Waals surface area contributed by atoms with E-state index in [-0.39, 0.29) is 0 Å². The Morgan fingerprint density at radius 1 is 1.13 bits per heavy atom. The number of hydrazine groups is 1. The zero-order valence-corrected chi connectivity index (χ0v) is 9.40. The number of benzene rings is 1. The summed E-state index contributed by atoms with van der Waals surface area (Å²) in [4.78, 5) is 0. The maximum Gasteiger partial charge on any atom is 0.162 e. The first-order valence-electron chi connectivity index (χ1n) is 4.36. The second-order valence-corrected chi connectivity index (χ2v) is 3.87. The van der Waals surface area contributed by atoms with E-state index in [0.717, 1.165) is 15.7 Å². The van der Waals surface area contributed by atoms with Crippen molar-refractivity contribution in [3.8, 4) is 11.3 Å². The first-order valence-corrected chi connectivity index (χ1v) is 5.15. The summed E-state index contributed by atoms with van der Waals surface area (Å²) in [5.74, 6) is 5.75. The average Bonchev–Trinajstić information content (AvgIpc) is 2.29. The summed E-state index contributed by atoms with van der Waals surface area (Å²) < 4.78 is 1.02. The number of nitrogens with one attached hydrogen (secondary N) is 1. The molecule has 0 amide bonds. The molecule has 5 heteroatoms. The van der Waals surface area contributed by atoms with Crippen molar-refractivity contribution in [1.82, 2.24) is 10.2 Å². The Kier molecular flexibility index (Phi) is 2.94. The molecular weight excluding hydrogens is 256 g/mol. The van der Waals surface area contributed by atoms with Gasteiger partial charge in [0.15, 0.2) is 5.82 Å². The van der Waals surface area contributed by atoms with Crippen LogP contribution in [-0.4, -0.2) is 10.2 Å². The molecule has 0 unspecified atom stereocenters. The van der Waals surface area contributed by atoms with Gasteiger partial charge in [0.2, 0.25) is 0 Å². The van der Waals surface area contributed by atoms with Gasteiger partial charge in [-0.2, -0.15) is 0 Å². The molecule has 0 saturated carbocycles. The number of nitrogens with two attached hydrogens (primary N) is 1. The number of nitrogens with zero attached hydrogens (tertiary/aromatic N) is 2. The number of rotatable bonds is 2. The lowest BCUT2D eigenvalue weighted by Crippen LogP contribution is -2.08. The SMILES string of the molecule is NNc1ccc(-c2cccc(Br)c2)nn1. The molecule has 0 fully saturated rings. The molecule has 0 spiro atoms. The third kappa shape index (κ3) is 2.31. The average molecular weight is 265 g/mol. The van der Waals surface area contributed by atoms with Crippen LogP contribution >= 0.6 is 15.9 Å². The van der Waals surface area contributed by atoms with Crippen LogP contribution < -0.4 is 11.3 Å². The molecule has 0 aliphatic heterocycles. The van der Waals surface area contributed by atoms with E-state index in [1.807, 2.05) is 30.3 Å². The summed E-state index contributed by atoms with van der Waals surface area (Å²) >= 11 is 3.41. The summed E-state index contributed by atoms with van der Waals surface area (Å²) in [5.41, 5.74) is 4.26. The molecule has 2 aromatic rings. The van der Waals surface area contributed by atoms with Gasteiger partial charge in [-0.1, -0.05) is 28.1 Å². The number of anilines is 1. The highest BCUT2D eigenvalue weighted by Crippen LogP contribution is 2.20. The Morgan fingerprint density at radius 2 is 2.00 bits per heavy atom. The van der Waals surface area contributed by atoms with Gasteiger partial charge >= 0.3 is 0 Å². The van der Waals surface area contributed by atoms with E-state index >= 15 is 0 Å². The molecule has 2 rings (SSSR count). The normalized spacial score (nSPS) is 10.0. The van der Waals surface area contributed by atoms with Gasteiger partial charge in [0, 0.05) is 10.0 Å². The van der Waals surface area contributed by atoms with E-state index in [4.69, 9.17) is 5.84 Å². The van der Waals surface area contributed by atoms with Crippen LogP contribution in [0.25, 0.3) is 11.3 Å². The zero-order chi connectivity index (χ0) is 10.7. The van der Waals surface area contributed by atoms with Crippen molar-refractivity contribution < 1.29 is 0 Å². The summed E-state index contributed by atoms with van der Waals surface area (Å²) in [6.07, 6.45) is 0. The first kappa shape index (κ1) is 10.1. The minimum atomic E-state index is 0.550. The van der Waals surface area contributed by atoms with Gasteiger partial charge in [-0.05, 0) is 24.3 Å². The fourth-order valence-corrected chi connectivity index (χ4v) is 1.61. The molecule has 0 radical (unpaired) electrons. The molecule has 15 heavy (non-hydrogen) atoms. The third-order valence-electron chi connectivity index (χ3n) is 1.93. The molecule has 0 aliphatic carbocycles. The molecule has 0 atom stereocenters.